The Morgan fingerprint density at radius 3 is 2.75 bits per heavy atom. The van der Waals surface area contributed by atoms with Crippen molar-refractivity contribution in [2.75, 3.05) is 6.61 Å². The standard InChI is InChI=1S/C20H24N6O2/c1-13(2)9-16-22-20(26(24-16)15-10-21-25(3)11-15)19-18(23-17(27)12-28-19)14-7-5-4-6-8-14/h4-8,10-11,13,18-19H,9,12H2,1-3H3,(H,23,27)/t18-,19+/m1/s1. The van der Waals surface area contributed by atoms with E-state index in [0.717, 1.165) is 23.5 Å². The number of hydrogen-bond donors (Lipinski definition) is 1. The van der Waals surface area contributed by atoms with Crippen LogP contribution >= 0.6 is 0 Å². The minimum atomic E-state index is -0.450. The second-order valence-electron chi connectivity index (χ2n) is 7.46. The molecule has 8 heteroatoms. The van der Waals surface area contributed by atoms with Gasteiger partial charge in [-0.2, -0.15) is 10.2 Å². The van der Waals surface area contributed by atoms with E-state index in [-0.39, 0.29) is 18.6 Å². The van der Waals surface area contributed by atoms with E-state index in [1.54, 1.807) is 15.6 Å². The molecule has 3 aromatic rings. The molecule has 0 aliphatic carbocycles. The number of morpholine rings is 1. The molecule has 8 nitrogen and oxygen atoms in total. The predicted octanol–water partition coefficient (Wildman–Crippen LogP) is 2.13. The highest BCUT2D eigenvalue weighted by Gasteiger charge is 2.36. The van der Waals surface area contributed by atoms with Crippen LogP contribution in [-0.2, 0) is 23.0 Å². The Morgan fingerprint density at radius 2 is 2.07 bits per heavy atom. The fourth-order valence-corrected chi connectivity index (χ4v) is 3.41. The van der Waals surface area contributed by atoms with E-state index in [1.807, 2.05) is 43.6 Å². The molecule has 1 aromatic carbocycles. The number of amides is 1. The lowest BCUT2D eigenvalue weighted by molar-refractivity contribution is -0.138. The van der Waals surface area contributed by atoms with E-state index < -0.39 is 6.10 Å². The molecule has 1 aliphatic rings. The quantitative estimate of drug-likeness (QED) is 0.733. The summed E-state index contributed by atoms with van der Waals surface area (Å²) in [4.78, 5) is 16.8. The molecule has 4 rings (SSSR count). The molecule has 2 atom stereocenters. The molecule has 0 bridgehead atoms. The van der Waals surface area contributed by atoms with E-state index in [1.165, 1.54) is 0 Å². The number of ether oxygens (including phenoxy) is 1. The van der Waals surface area contributed by atoms with Crippen molar-refractivity contribution in [3.8, 4) is 5.69 Å². The molecule has 1 saturated heterocycles. The van der Waals surface area contributed by atoms with Gasteiger partial charge in [-0.3, -0.25) is 9.48 Å². The van der Waals surface area contributed by atoms with Gasteiger partial charge in [0.2, 0.25) is 5.91 Å². The SMILES string of the molecule is CC(C)Cc1nc([C@H]2OCC(=O)N[C@@H]2c2ccccc2)n(-c2cnn(C)c2)n1. The van der Waals surface area contributed by atoms with E-state index in [4.69, 9.17) is 14.8 Å². The van der Waals surface area contributed by atoms with Crippen molar-refractivity contribution in [2.45, 2.75) is 32.4 Å². The second kappa shape index (κ2) is 7.55. The number of aromatic nitrogens is 5. The van der Waals surface area contributed by atoms with Crippen molar-refractivity contribution in [3.63, 3.8) is 0 Å². The molecular formula is C20H24N6O2. The van der Waals surface area contributed by atoms with Gasteiger partial charge in [-0.1, -0.05) is 44.2 Å². The third kappa shape index (κ3) is 3.68. The Labute approximate surface area is 163 Å². The lowest BCUT2D eigenvalue weighted by Crippen LogP contribution is -2.42. The van der Waals surface area contributed by atoms with Crippen molar-refractivity contribution in [1.82, 2.24) is 29.9 Å². The van der Waals surface area contributed by atoms with Gasteiger partial charge < -0.3 is 10.1 Å². The maximum absolute atomic E-state index is 12.0. The Kier molecular flexibility index (Phi) is 4.95. The molecule has 3 heterocycles. The largest absolute Gasteiger partial charge is 0.358 e. The number of benzene rings is 1. The zero-order valence-corrected chi connectivity index (χ0v) is 16.2. The fourth-order valence-electron chi connectivity index (χ4n) is 3.41. The minimum absolute atomic E-state index is 0.00653. The fraction of sp³-hybridized carbons (Fsp3) is 0.400. The van der Waals surface area contributed by atoms with Gasteiger partial charge in [-0.05, 0) is 11.5 Å². The first-order valence-electron chi connectivity index (χ1n) is 9.42. The molecule has 0 unspecified atom stereocenters. The lowest BCUT2D eigenvalue weighted by atomic mass is 9.99. The summed E-state index contributed by atoms with van der Waals surface area (Å²) in [5.74, 6) is 1.70. The number of rotatable bonds is 5. The maximum atomic E-state index is 12.0. The first-order chi connectivity index (χ1) is 13.5. The summed E-state index contributed by atoms with van der Waals surface area (Å²) < 4.78 is 9.47. The Morgan fingerprint density at radius 1 is 1.29 bits per heavy atom. The monoisotopic (exact) mass is 380 g/mol. The number of hydrogen-bond acceptors (Lipinski definition) is 5. The number of nitrogens with zero attached hydrogens (tertiary/aromatic N) is 5. The molecular weight excluding hydrogens is 356 g/mol. The Bertz CT molecular complexity index is 962. The van der Waals surface area contributed by atoms with Crippen LogP contribution in [0.15, 0.2) is 42.7 Å². The number of carbonyl (C=O) groups is 1. The summed E-state index contributed by atoms with van der Waals surface area (Å²) in [6.07, 6.45) is 3.94. The first-order valence-corrected chi connectivity index (χ1v) is 9.42. The second-order valence-corrected chi connectivity index (χ2v) is 7.46. The summed E-state index contributed by atoms with van der Waals surface area (Å²) in [7, 11) is 1.86. The molecule has 1 amide bonds. The molecule has 0 radical (unpaired) electrons. The van der Waals surface area contributed by atoms with E-state index >= 15 is 0 Å². The highest BCUT2D eigenvalue weighted by Crippen LogP contribution is 2.34. The van der Waals surface area contributed by atoms with Gasteiger partial charge >= 0.3 is 0 Å². The van der Waals surface area contributed by atoms with Crippen molar-refractivity contribution in [1.29, 1.82) is 0 Å². The van der Waals surface area contributed by atoms with Gasteiger partial charge in [0.1, 0.15) is 18.4 Å². The zero-order valence-electron chi connectivity index (χ0n) is 16.2. The number of aryl methyl sites for hydroxylation is 1. The molecule has 28 heavy (non-hydrogen) atoms. The predicted molar refractivity (Wildman–Crippen MR) is 103 cm³/mol. The molecule has 0 spiro atoms. The van der Waals surface area contributed by atoms with Crippen LogP contribution in [0, 0.1) is 5.92 Å². The molecule has 146 valence electrons. The van der Waals surface area contributed by atoms with Crippen LogP contribution in [-0.4, -0.2) is 37.1 Å². The third-order valence-electron chi connectivity index (χ3n) is 4.63. The first kappa shape index (κ1) is 18.4. The number of carbonyl (C=O) groups excluding carboxylic acids is 1. The summed E-state index contributed by atoms with van der Waals surface area (Å²) in [5, 5.41) is 12.0. The maximum Gasteiger partial charge on any atom is 0.246 e. The van der Waals surface area contributed by atoms with Crippen LogP contribution < -0.4 is 5.32 Å². The van der Waals surface area contributed by atoms with Crippen LogP contribution in [0.1, 0.15) is 43.2 Å². The Hall–Kier alpha value is -3.00. The molecule has 1 N–H and O–H groups in total. The van der Waals surface area contributed by atoms with Crippen LogP contribution in [0.4, 0.5) is 0 Å². The van der Waals surface area contributed by atoms with Crippen molar-refractivity contribution in [3.05, 3.63) is 59.9 Å². The highest BCUT2D eigenvalue weighted by atomic mass is 16.5. The summed E-state index contributed by atoms with van der Waals surface area (Å²) in [5.41, 5.74) is 1.78. The van der Waals surface area contributed by atoms with Gasteiger partial charge in [0, 0.05) is 13.5 Å². The summed E-state index contributed by atoms with van der Waals surface area (Å²) >= 11 is 0. The van der Waals surface area contributed by atoms with Crippen molar-refractivity contribution < 1.29 is 9.53 Å². The smallest absolute Gasteiger partial charge is 0.246 e. The van der Waals surface area contributed by atoms with Crippen LogP contribution in [0.5, 0.6) is 0 Å². The highest BCUT2D eigenvalue weighted by molar-refractivity contribution is 5.78. The van der Waals surface area contributed by atoms with E-state index in [0.29, 0.717) is 11.7 Å². The van der Waals surface area contributed by atoms with Gasteiger partial charge in [-0.15, -0.1) is 0 Å². The van der Waals surface area contributed by atoms with Gasteiger partial charge in [-0.25, -0.2) is 9.67 Å². The average Bonchev–Trinajstić information content (AvgIpc) is 3.28. The molecule has 2 aromatic heterocycles. The number of nitrogens with one attached hydrogen (secondary N) is 1. The zero-order chi connectivity index (χ0) is 19.7. The third-order valence-corrected chi connectivity index (χ3v) is 4.63. The van der Waals surface area contributed by atoms with E-state index in [2.05, 4.69) is 24.3 Å². The van der Waals surface area contributed by atoms with Crippen LogP contribution in [0.25, 0.3) is 5.69 Å². The Balaban J connectivity index is 1.78. The van der Waals surface area contributed by atoms with Gasteiger partial charge in [0.15, 0.2) is 11.6 Å². The molecule has 1 fully saturated rings. The molecule has 1 aliphatic heterocycles. The van der Waals surface area contributed by atoms with Gasteiger partial charge in [0.25, 0.3) is 0 Å². The minimum Gasteiger partial charge on any atom is -0.358 e. The van der Waals surface area contributed by atoms with Crippen LogP contribution in [0.2, 0.25) is 0 Å². The van der Waals surface area contributed by atoms with Crippen LogP contribution in [0.3, 0.4) is 0 Å². The van der Waals surface area contributed by atoms with Crippen molar-refractivity contribution >= 4 is 5.91 Å². The normalized spacial score (nSPS) is 19.8. The average molecular weight is 380 g/mol. The topological polar surface area (TPSA) is 86.9 Å². The van der Waals surface area contributed by atoms with Crippen molar-refractivity contribution in [2.24, 2.45) is 13.0 Å². The van der Waals surface area contributed by atoms with Gasteiger partial charge in [0.05, 0.1) is 18.4 Å². The summed E-state index contributed by atoms with van der Waals surface area (Å²) in [6.45, 7) is 4.26. The molecule has 0 saturated carbocycles. The lowest BCUT2D eigenvalue weighted by Gasteiger charge is -2.32. The van der Waals surface area contributed by atoms with E-state index in [9.17, 15) is 4.79 Å². The summed E-state index contributed by atoms with van der Waals surface area (Å²) in [6, 6.07) is 9.46.